The molecule has 1 aromatic carbocycles. The normalized spacial score (nSPS) is 12.4. The van der Waals surface area contributed by atoms with Crippen LogP contribution in [-0.2, 0) is 6.42 Å². The standard InChI is InChI=1S/C15H17F2N3/c1-3-18-15(14-6-7-19-10(2)20-14)9-11-4-5-12(16)13(17)8-11/h4-8,15,18H,3,9H2,1-2H3. The first-order valence-electron chi connectivity index (χ1n) is 6.57. The Morgan fingerprint density at radius 3 is 2.65 bits per heavy atom. The molecule has 1 atom stereocenters. The second-order valence-corrected chi connectivity index (χ2v) is 4.59. The molecule has 1 heterocycles. The molecular formula is C15H17F2N3. The molecule has 1 N–H and O–H groups in total. The van der Waals surface area contributed by atoms with Gasteiger partial charge in [0, 0.05) is 6.20 Å². The average molecular weight is 277 g/mol. The van der Waals surface area contributed by atoms with E-state index in [9.17, 15) is 8.78 Å². The Morgan fingerprint density at radius 1 is 1.20 bits per heavy atom. The fourth-order valence-electron chi connectivity index (χ4n) is 2.10. The summed E-state index contributed by atoms with van der Waals surface area (Å²) in [6.07, 6.45) is 2.24. The lowest BCUT2D eigenvalue weighted by Gasteiger charge is -2.17. The van der Waals surface area contributed by atoms with Crippen LogP contribution in [0.1, 0.15) is 30.0 Å². The molecule has 0 aliphatic heterocycles. The summed E-state index contributed by atoms with van der Waals surface area (Å²) in [5.41, 5.74) is 1.58. The number of halogens is 2. The van der Waals surface area contributed by atoms with Gasteiger partial charge in [-0.05, 0) is 43.7 Å². The zero-order valence-electron chi connectivity index (χ0n) is 11.5. The van der Waals surface area contributed by atoms with Crippen molar-refractivity contribution in [3.05, 3.63) is 59.2 Å². The van der Waals surface area contributed by atoms with Gasteiger partial charge in [0.05, 0.1) is 11.7 Å². The van der Waals surface area contributed by atoms with Crippen molar-refractivity contribution >= 4 is 0 Å². The van der Waals surface area contributed by atoms with Gasteiger partial charge in [-0.1, -0.05) is 13.0 Å². The molecule has 1 aromatic heterocycles. The molecule has 0 radical (unpaired) electrons. The second-order valence-electron chi connectivity index (χ2n) is 4.59. The zero-order valence-corrected chi connectivity index (χ0v) is 11.5. The summed E-state index contributed by atoms with van der Waals surface area (Å²) in [4.78, 5) is 8.45. The van der Waals surface area contributed by atoms with Gasteiger partial charge in [0.25, 0.3) is 0 Å². The molecule has 0 amide bonds. The molecule has 0 aliphatic carbocycles. The number of likely N-dealkylation sites (N-methyl/N-ethyl adjacent to an activating group) is 1. The molecule has 0 spiro atoms. The van der Waals surface area contributed by atoms with Crippen molar-refractivity contribution in [1.82, 2.24) is 15.3 Å². The van der Waals surface area contributed by atoms with Gasteiger partial charge in [0.15, 0.2) is 11.6 Å². The lowest BCUT2D eigenvalue weighted by atomic mass is 10.0. The largest absolute Gasteiger partial charge is 0.309 e. The van der Waals surface area contributed by atoms with E-state index in [1.54, 1.807) is 12.3 Å². The number of hydrogen-bond acceptors (Lipinski definition) is 3. The third kappa shape index (κ3) is 3.57. The molecule has 106 valence electrons. The van der Waals surface area contributed by atoms with Crippen molar-refractivity contribution in [1.29, 1.82) is 0 Å². The van der Waals surface area contributed by atoms with E-state index in [4.69, 9.17) is 0 Å². The van der Waals surface area contributed by atoms with Crippen LogP contribution in [-0.4, -0.2) is 16.5 Å². The van der Waals surface area contributed by atoms with E-state index in [2.05, 4.69) is 15.3 Å². The number of nitrogens with one attached hydrogen (secondary N) is 1. The van der Waals surface area contributed by atoms with E-state index in [-0.39, 0.29) is 6.04 Å². The van der Waals surface area contributed by atoms with E-state index in [0.29, 0.717) is 12.2 Å². The third-order valence-corrected chi connectivity index (χ3v) is 3.03. The topological polar surface area (TPSA) is 37.8 Å². The molecule has 5 heteroatoms. The Bertz CT molecular complexity index is 587. The monoisotopic (exact) mass is 277 g/mol. The Morgan fingerprint density at radius 2 is 2.00 bits per heavy atom. The summed E-state index contributed by atoms with van der Waals surface area (Å²) in [5, 5.41) is 3.30. The van der Waals surface area contributed by atoms with E-state index < -0.39 is 11.6 Å². The molecule has 1 unspecified atom stereocenters. The fourth-order valence-corrected chi connectivity index (χ4v) is 2.10. The van der Waals surface area contributed by atoms with Crippen LogP contribution in [0.3, 0.4) is 0 Å². The van der Waals surface area contributed by atoms with Crippen LogP contribution in [0.4, 0.5) is 8.78 Å². The lowest BCUT2D eigenvalue weighted by Crippen LogP contribution is -2.24. The van der Waals surface area contributed by atoms with Gasteiger partial charge in [-0.25, -0.2) is 18.7 Å². The number of hydrogen-bond donors (Lipinski definition) is 1. The van der Waals surface area contributed by atoms with Crippen molar-refractivity contribution in [2.24, 2.45) is 0 Å². The van der Waals surface area contributed by atoms with Gasteiger partial charge in [-0.3, -0.25) is 0 Å². The summed E-state index contributed by atoms with van der Waals surface area (Å²) in [7, 11) is 0. The molecule has 3 nitrogen and oxygen atoms in total. The first-order chi connectivity index (χ1) is 9.60. The van der Waals surface area contributed by atoms with Gasteiger partial charge in [-0.2, -0.15) is 0 Å². The van der Waals surface area contributed by atoms with Crippen LogP contribution in [0.2, 0.25) is 0 Å². The molecule has 0 saturated heterocycles. The Balaban J connectivity index is 2.22. The smallest absolute Gasteiger partial charge is 0.159 e. The predicted octanol–water partition coefficient (Wildman–Crippen LogP) is 2.96. The minimum atomic E-state index is -0.827. The van der Waals surface area contributed by atoms with Crippen LogP contribution in [0.25, 0.3) is 0 Å². The minimum Gasteiger partial charge on any atom is -0.309 e. The van der Waals surface area contributed by atoms with Gasteiger partial charge < -0.3 is 5.32 Å². The fraction of sp³-hybridized carbons (Fsp3) is 0.333. The first kappa shape index (κ1) is 14.5. The van der Waals surface area contributed by atoms with Crippen LogP contribution >= 0.6 is 0 Å². The number of benzene rings is 1. The average Bonchev–Trinajstić information content (AvgIpc) is 2.42. The highest BCUT2D eigenvalue weighted by molar-refractivity contribution is 5.21. The van der Waals surface area contributed by atoms with Crippen LogP contribution in [0.5, 0.6) is 0 Å². The van der Waals surface area contributed by atoms with E-state index in [0.717, 1.165) is 23.9 Å². The quantitative estimate of drug-likeness (QED) is 0.913. The van der Waals surface area contributed by atoms with Crippen molar-refractivity contribution in [3.63, 3.8) is 0 Å². The maximum atomic E-state index is 13.3. The second kappa shape index (κ2) is 6.52. The van der Waals surface area contributed by atoms with Crippen LogP contribution in [0, 0.1) is 18.6 Å². The molecule has 2 aromatic rings. The maximum Gasteiger partial charge on any atom is 0.159 e. The van der Waals surface area contributed by atoms with Crippen molar-refractivity contribution in [2.45, 2.75) is 26.3 Å². The highest BCUT2D eigenvalue weighted by Crippen LogP contribution is 2.18. The zero-order chi connectivity index (χ0) is 14.5. The van der Waals surface area contributed by atoms with E-state index >= 15 is 0 Å². The molecule has 0 fully saturated rings. The predicted molar refractivity (Wildman–Crippen MR) is 73.2 cm³/mol. The molecule has 2 rings (SSSR count). The summed E-state index contributed by atoms with van der Waals surface area (Å²) < 4.78 is 26.2. The molecular weight excluding hydrogens is 260 g/mol. The Labute approximate surface area is 117 Å². The molecule has 0 aliphatic rings. The Hall–Kier alpha value is -1.88. The third-order valence-electron chi connectivity index (χ3n) is 3.03. The lowest BCUT2D eigenvalue weighted by molar-refractivity contribution is 0.500. The summed E-state index contributed by atoms with van der Waals surface area (Å²) in [5.74, 6) is -0.959. The summed E-state index contributed by atoms with van der Waals surface area (Å²) in [6.45, 7) is 4.58. The van der Waals surface area contributed by atoms with Gasteiger partial charge in [0.1, 0.15) is 5.82 Å². The SMILES string of the molecule is CCNC(Cc1ccc(F)c(F)c1)c1ccnc(C)n1. The maximum absolute atomic E-state index is 13.3. The van der Waals surface area contributed by atoms with Crippen LogP contribution < -0.4 is 5.32 Å². The number of aryl methyl sites for hydroxylation is 1. The molecule has 0 bridgehead atoms. The van der Waals surface area contributed by atoms with Crippen molar-refractivity contribution < 1.29 is 8.78 Å². The molecule has 0 saturated carbocycles. The van der Waals surface area contributed by atoms with Crippen molar-refractivity contribution in [3.8, 4) is 0 Å². The van der Waals surface area contributed by atoms with Crippen molar-refractivity contribution in [2.75, 3.05) is 6.54 Å². The summed E-state index contributed by atoms with van der Waals surface area (Å²) in [6, 6.07) is 5.76. The highest BCUT2D eigenvalue weighted by atomic mass is 19.2. The van der Waals surface area contributed by atoms with E-state index in [1.165, 1.54) is 6.07 Å². The summed E-state index contributed by atoms with van der Waals surface area (Å²) >= 11 is 0. The van der Waals surface area contributed by atoms with E-state index in [1.807, 2.05) is 19.9 Å². The first-order valence-corrected chi connectivity index (χ1v) is 6.57. The van der Waals surface area contributed by atoms with Gasteiger partial charge in [-0.15, -0.1) is 0 Å². The Kier molecular flexibility index (Phi) is 4.74. The van der Waals surface area contributed by atoms with Crippen LogP contribution in [0.15, 0.2) is 30.5 Å². The number of nitrogens with zero attached hydrogens (tertiary/aromatic N) is 2. The van der Waals surface area contributed by atoms with Gasteiger partial charge in [0.2, 0.25) is 0 Å². The molecule has 20 heavy (non-hydrogen) atoms. The highest BCUT2D eigenvalue weighted by Gasteiger charge is 2.14. The number of aromatic nitrogens is 2. The minimum absolute atomic E-state index is 0.0495. The number of rotatable bonds is 5. The van der Waals surface area contributed by atoms with Gasteiger partial charge >= 0.3 is 0 Å².